The molecule has 1 heterocycles. The predicted octanol–water partition coefficient (Wildman–Crippen LogP) is 3.70. The number of amides is 1. The maximum atomic E-state index is 13.9. The second-order valence-corrected chi connectivity index (χ2v) is 6.89. The average Bonchev–Trinajstić information content (AvgIpc) is 2.63. The Morgan fingerprint density at radius 3 is 2.36 bits per heavy atom. The Kier molecular flexibility index (Phi) is 5.58. The standard InChI is InChI=1S/C19H20BrFN2O2/c1-14(25-16-8-6-15(20)7-9-16)19(24)23-12-10-22(11-13-23)18-5-3-2-4-17(18)21/h2-9,14H,10-13H2,1H3. The molecular formula is C19H20BrFN2O2. The van der Waals surface area contributed by atoms with Crippen LogP contribution in [-0.4, -0.2) is 43.1 Å². The van der Waals surface area contributed by atoms with Gasteiger partial charge in [0.2, 0.25) is 0 Å². The van der Waals surface area contributed by atoms with Gasteiger partial charge in [-0.05, 0) is 43.3 Å². The van der Waals surface area contributed by atoms with Crippen LogP contribution in [0.5, 0.6) is 5.75 Å². The molecule has 2 aromatic rings. The first-order chi connectivity index (χ1) is 12.0. The van der Waals surface area contributed by atoms with E-state index in [1.165, 1.54) is 6.07 Å². The second-order valence-electron chi connectivity index (χ2n) is 5.98. The highest BCUT2D eigenvalue weighted by Crippen LogP contribution is 2.21. The van der Waals surface area contributed by atoms with Crippen molar-refractivity contribution in [2.75, 3.05) is 31.1 Å². The minimum atomic E-state index is -0.554. The zero-order chi connectivity index (χ0) is 17.8. The van der Waals surface area contributed by atoms with E-state index in [1.54, 1.807) is 24.0 Å². The lowest BCUT2D eigenvalue weighted by Gasteiger charge is -2.37. The van der Waals surface area contributed by atoms with Gasteiger partial charge in [0.25, 0.3) is 5.91 Å². The highest BCUT2D eigenvalue weighted by atomic mass is 79.9. The van der Waals surface area contributed by atoms with Crippen LogP contribution < -0.4 is 9.64 Å². The molecule has 1 amide bonds. The fourth-order valence-electron chi connectivity index (χ4n) is 2.90. The second kappa shape index (κ2) is 7.87. The zero-order valence-electron chi connectivity index (χ0n) is 14.0. The Hall–Kier alpha value is -2.08. The molecular weight excluding hydrogens is 387 g/mol. The van der Waals surface area contributed by atoms with Gasteiger partial charge in [0.15, 0.2) is 6.10 Å². The van der Waals surface area contributed by atoms with E-state index < -0.39 is 6.10 Å². The normalized spacial score (nSPS) is 15.8. The van der Waals surface area contributed by atoms with Crippen LogP contribution >= 0.6 is 15.9 Å². The van der Waals surface area contributed by atoms with Crippen molar-refractivity contribution in [2.24, 2.45) is 0 Å². The van der Waals surface area contributed by atoms with Crippen molar-refractivity contribution >= 4 is 27.5 Å². The largest absolute Gasteiger partial charge is 0.481 e. The fraction of sp³-hybridized carbons (Fsp3) is 0.316. The summed E-state index contributed by atoms with van der Waals surface area (Å²) in [5.74, 6) is 0.388. The molecule has 0 N–H and O–H groups in total. The molecule has 25 heavy (non-hydrogen) atoms. The van der Waals surface area contributed by atoms with Crippen molar-refractivity contribution in [1.29, 1.82) is 0 Å². The summed E-state index contributed by atoms with van der Waals surface area (Å²) in [5, 5.41) is 0. The number of nitrogens with zero attached hydrogens (tertiary/aromatic N) is 2. The number of hydrogen-bond donors (Lipinski definition) is 0. The Morgan fingerprint density at radius 2 is 1.72 bits per heavy atom. The molecule has 6 heteroatoms. The molecule has 132 valence electrons. The lowest BCUT2D eigenvalue weighted by Crippen LogP contribution is -2.52. The number of piperazine rings is 1. The monoisotopic (exact) mass is 406 g/mol. The molecule has 0 radical (unpaired) electrons. The summed E-state index contributed by atoms with van der Waals surface area (Å²) in [5.41, 5.74) is 0.591. The van der Waals surface area contributed by atoms with Crippen molar-refractivity contribution in [3.05, 3.63) is 58.8 Å². The van der Waals surface area contributed by atoms with Crippen molar-refractivity contribution in [2.45, 2.75) is 13.0 Å². The Morgan fingerprint density at radius 1 is 1.08 bits per heavy atom. The molecule has 0 spiro atoms. The number of para-hydroxylation sites is 1. The number of carbonyl (C=O) groups excluding carboxylic acids is 1. The lowest BCUT2D eigenvalue weighted by atomic mass is 10.2. The van der Waals surface area contributed by atoms with Gasteiger partial charge in [-0.2, -0.15) is 0 Å². The number of halogens is 2. The fourth-order valence-corrected chi connectivity index (χ4v) is 3.17. The van der Waals surface area contributed by atoms with Gasteiger partial charge < -0.3 is 14.5 Å². The number of carbonyl (C=O) groups is 1. The summed E-state index contributed by atoms with van der Waals surface area (Å²) in [6.45, 7) is 4.09. The Balaban J connectivity index is 1.56. The molecule has 1 aliphatic heterocycles. The highest BCUT2D eigenvalue weighted by Gasteiger charge is 2.26. The number of anilines is 1. The number of ether oxygens (including phenoxy) is 1. The van der Waals surface area contributed by atoms with Gasteiger partial charge in [-0.1, -0.05) is 28.1 Å². The van der Waals surface area contributed by atoms with Crippen LogP contribution in [0.15, 0.2) is 53.0 Å². The van der Waals surface area contributed by atoms with Gasteiger partial charge in [-0.15, -0.1) is 0 Å². The van der Waals surface area contributed by atoms with E-state index in [1.807, 2.05) is 35.2 Å². The van der Waals surface area contributed by atoms with E-state index in [9.17, 15) is 9.18 Å². The molecule has 1 saturated heterocycles. The van der Waals surface area contributed by atoms with Crippen LogP contribution in [0, 0.1) is 5.82 Å². The third kappa shape index (κ3) is 4.31. The number of hydrogen-bond acceptors (Lipinski definition) is 3. The topological polar surface area (TPSA) is 32.8 Å². The molecule has 3 rings (SSSR count). The number of benzene rings is 2. The average molecular weight is 407 g/mol. The molecule has 1 fully saturated rings. The van der Waals surface area contributed by atoms with Crippen LogP contribution in [0.1, 0.15) is 6.92 Å². The van der Waals surface area contributed by atoms with Gasteiger partial charge in [0.05, 0.1) is 5.69 Å². The molecule has 2 aromatic carbocycles. The van der Waals surface area contributed by atoms with Crippen LogP contribution in [0.3, 0.4) is 0 Å². The van der Waals surface area contributed by atoms with Crippen LogP contribution in [0.4, 0.5) is 10.1 Å². The quantitative estimate of drug-likeness (QED) is 0.775. The van der Waals surface area contributed by atoms with Gasteiger partial charge >= 0.3 is 0 Å². The number of rotatable bonds is 4. The van der Waals surface area contributed by atoms with Gasteiger partial charge in [0, 0.05) is 30.7 Å². The van der Waals surface area contributed by atoms with E-state index in [2.05, 4.69) is 15.9 Å². The van der Waals surface area contributed by atoms with Crippen LogP contribution in [-0.2, 0) is 4.79 Å². The summed E-state index contributed by atoms with van der Waals surface area (Å²) in [6.07, 6.45) is -0.554. The third-order valence-corrected chi connectivity index (χ3v) is 4.79. The molecule has 0 aromatic heterocycles. The van der Waals surface area contributed by atoms with Gasteiger partial charge in [0.1, 0.15) is 11.6 Å². The lowest BCUT2D eigenvalue weighted by molar-refractivity contribution is -0.138. The smallest absolute Gasteiger partial charge is 0.263 e. The van der Waals surface area contributed by atoms with Crippen molar-refractivity contribution in [3.8, 4) is 5.75 Å². The van der Waals surface area contributed by atoms with Crippen molar-refractivity contribution < 1.29 is 13.9 Å². The first-order valence-corrected chi connectivity index (χ1v) is 9.04. The molecule has 1 unspecified atom stereocenters. The molecule has 1 aliphatic rings. The highest BCUT2D eigenvalue weighted by molar-refractivity contribution is 9.10. The minimum absolute atomic E-state index is 0.0453. The van der Waals surface area contributed by atoms with E-state index >= 15 is 0 Å². The molecule has 0 bridgehead atoms. The van der Waals surface area contributed by atoms with Gasteiger partial charge in [-0.25, -0.2) is 4.39 Å². The Bertz CT molecular complexity index is 730. The molecule has 1 atom stereocenters. The SMILES string of the molecule is CC(Oc1ccc(Br)cc1)C(=O)N1CCN(c2ccccc2F)CC1. The van der Waals surface area contributed by atoms with E-state index in [4.69, 9.17) is 4.74 Å². The van der Waals surface area contributed by atoms with Crippen molar-refractivity contribution in [3.63, 3.8) is 0 Å². The molecule has 0 saturated carbocycles. The summed E-state index contributed by atoms with van der Waals surface area (Å²) in [7, 11) is 0. The third-order valence-electron chi connectivity index (χ3n) is 4.26. The molecule has 0 aliphatic carbocycles. The van der Waals surface area contributed by atoms with E-state index in [0.717, 1.165) is 4.47 Å². The van der Waals surface area contributed by atoms with E-state index in [-0.39, 0.29) is 11.7 Å². The van der Waals surface area contributed by atoms with E-state index in [0.29, 0.717) is 37.6 Å². The van der Waals surface area contributed by atoms with Crippen LogP contribution in [0.2, 0.25) is 0 Å². The van der Waals surface area contributed by atoms with Crippen LogP contribution in [0.25, 0.3) is 0 Å². The molecule has 4 nitrogen and oxygen atoms in total. The maximum Gasteiger partial charge on any atom is 0.263 e. The summed E-state index contributed by atoms with van der Waals surface area (Å²) in [6, 6.07) is 14.1. The Labute approximate surface area is 155 Å². The summed E-state index contributed by atoms with van der Waals surface area (Å²) in [4.78, 5) is 16.3. The predicted molar refractivity (Wildman–Crippen MR) is 99.4 cm³/mol. The zero-order valence-corrected chi connectivity index (χ0v) is 15.6. The first-order valence-electron chi connectivity index (χ1n) is 8.25. The van der Waals surface area contributed by atoms with Gasteiger partial charge in [-0.3, -0.25) is 4.79 Å². The minimum Gasteiger partial charge on any atom is -0.481 e. The summed E-state index contributed by atoms with van der Waals surface area (Å²) >= 11 is 3.37. The summed E-state index contributed by atoms with van der Waals surface area (Å²) < 4.78 is 20.6. The van der Waals surface area contributed by atoms with Crippen molar-refractivity contribution in [1.82, 2.24) is 4.90 Å². The first kappa shape index (κ1) is 17.7. The maximum absolute atomic E-state index is 13.9.